The third-order valence-corrected chi connectivity index (χ3v) is 2.61. The SMILES string of the molecule is CCOc1ccc(C(C#N)NC(=O)C(C)(C)C)cc1. The first-order chi connectivity index (χ1) is 8.88. The summed E-state index contributed by atoms with van der Waals surface area (Å²) in [7, 11) is 0. The number of carbonyl (C=O) groups is 1. The molecule has 1 rings (SSSR count). The van der Waals surface area contributed by atoms with E-state index in [0.29, 0.717) is 6.61 Å². The molecule has 0 heterocycles. The van der Waals surface area contributed by atoms with Gasteiger partial charge in [0, 0.05) is 5.41 Å². The van der Waals surface area contributed by atoms with E-state index in [2.05, 4.69) is 11.4 Å². The number of hydrogen-bond donors (Lipinski definition) is 1. The Labute approximate surface area is 114 Å². The Morgan fingerprint density at radius 2 is 1.95 bits per heavy atom. The van der Waals surface area contributed by atoms with Crippen LogP contribution in [0, 0.1) is 16.7 Å². The Bertz CT molecular complexity index is 466. The third-order valence-electron chi connectivity index (χ3n) is 2.61. The molecule has 1 amide bonds. The zero-order chi connectivity index (χ0) is 14.5. The lowest BCUT2D eigenvalue weighted by molar-refractivity contribution is -0.128. The summed E-state index contributed by atoms with van der Waals surface area (Å²) in [5.41, 5.74) is 0.240. The van der Waals surface area contributed by atoms with Crippen LogP contribution in [-0.4, -0.2) is 12.5 Å². The van der Waals surface area contributed by atoms with Crippen LogP contribution in [-0.2, 0) is 4.79 Å². The summed E-state index contributed by atoms with van der Waals surface area (Å²) in [6.45, 7) is 7.95. The Kier molecular flexibility index (Phi) is 4.94. The van der Waals surface area contributed by atoms with Crippen molar-refractivity contribution in [1.82, 2.24) is 5.32 Å². The number of nitriles is 1. The van der Waals surface area contributed by atoms with Gasteiger partial charge >= 0.3 is 0 Å². The van der Waals surface area contributed by atoms with Crippen LogP contribution in [0.25, 0.3) is 0 Å². The van der Waals surface area contributed by atoms with E-state index >= 15 is 0 Å². The van der Waals surface area contributed by atoms with Gasteiger partial charge in [-0.05, 0) is 24.6 Å². The molecule has 0 spiro atoms. The van der Waals surface area contributed by atoms with Crippen LogP contribution >= 0.6 is 0 Å². The van der Waals surface area contributed by atoms with Crippen LogP contribution < -0.4 is 10.1 Å². The molecule has 0 fully saturated rings. The van der Waals surface area contributed by atoms with Gasteiger partial charge in [0.05, 0.1) is 12.7 Å². The Balaban J connectivity index is 2.81. The topological polar surface area (TPSA) is 62.1 Å². The van der Waals surface area contributed by atoms with Gasteiger partial charge in [0.15, 0.2) is 0 Å². The number of nitrogens with one attached hydrogen (secondary N) is 1. The molecule has 4 nitrogen and oxygen atoms in total. The number of ether oxygens (including phenoxy) is 1. The highest BCUT2D eigenvalue weighted by Gasteiger charge is 2.24. The fraction of sp³-hybridized carbons (Fsp3) is 0.467. The third kappa shape index (κ3) is 4.29. The van der Waals surface area contributed by atoms with Gasteiger partial charge in [-0.2, -0.15) is 5.26 Å². The second-order valence-electron chi connectivity index (χ2n) is 5.29. The Morgan fingerprint density at radius 1 is 1.37 bits per heavy atom. The number of carbonyl (C=O) groups excluding carboxylic acids is 1. The summed E-state index contributed by atoms with van der Waals surface area (Å²) in [4.78, 5) is 11.9. The first kappa shape index (κ1) is 15.0. The van der Waals surface area contributed by atoms with Crippen LogP contribution in [0.2, 0.25) is 0 Å². The molecule has 19 heavy (non-hydrogen) atoms. The standard InChI is InChI=1S/C15H20N2O2/c1-5-19-12-8-6-11(7-9-12)13(10-16)17-14(18)15(2,3)4/h6-9,13H,5H2,1-4H3,(H,17,18). The van der Waals surface area contributed by atoms with E-state index in [1.165, 1.54) is 0 Å². The van der Waals surface area contributed by atoms with Gasteiger partial charge in [0.1, 0.15) is 11.8 Å². The summed E-state index contributed by atoms with van der Waals surface area (Å²) in [5, 5.41) is 11.9. The van der Waals surface area contributed by atoms with Gasteiger partial charge in [-0.3, -0.25) is 4.79 Å². The maximum atomic E-state index is 11.9. The fourth-order valence-electron chi connectivity index (χ4n) is 1.46. The zero-order valence-corrected chi connectivity index (χ0v) is 11.9. The predicted octanol–water partition coefficient (Wildman–Crippen LogP) is 2.81. The zero-order valence-electron chi connectivity index (χ0n) is 11.9. The number of benzene rings is 1. The highest BCUT2D eigenvalue weighted by Crippen LogP contribution is 2.20. The molecule has 1 aromatic carbocycles. The number of amides is 1. The van der Waals surface area contributed by atoms with Crippen LogP contribution in [0.1, 0.15) is 39.3 Å². The molecule has 0 saturated carbocycles. The number of rotatable bonds is 4. The molecule has 4 heteroatoms. The summed E-state index contributed by atoms with van der Waals surface area (Å²) < 4.78 is 5.34. The van der Waals surface area contributed by atoms with Crippen molar-refractivity contribution in [2.24, 2.45) is 5.41 Å². The maximum Gasteiger partial charge on any atom is 0.226 e. The average Bonchev–Trinajstić information content (AvgIpc) is 2.36. The van der Waals surface area contributed by atoms with Crippen molar-refractivity contribution in [3.8, 4) is 11.8 Å². The molecule has 0 aliphatic carbocycles. The fourth-order valence-corrected chi connectivity index (χ4v) is 1.46. The molecule has 1 atom stereocenters. The molecule has 1 unspecified atom stereocenters. The molecular formula is C15H20N2O2. The molecule has 1 N–H and O–H groups in total. The molecule has 1 aromatic rings. The van der Waals surface area contributed by atoms with Crippen LogP contribution in [0.3, 0.4) is 0 Å². The van der Waals surface area contributed by atoms with E-state index in [9.17, 15) is 10.1 Å². The van der Waals surface area contributed by atoms with Gasteiger partial charge in [-0.25, -0.2) is 0 Å². The largest absolute Gasteiger partial charge is 0.494 e. The maximum absolute atomic E-state index is 11.9. The Hall–Kier alpha value is -2.02. The second-order valence-corrected chi connectivity index (χ2v) is 5.29. The summed E-state index contributed by atoms with van der Waals surface area (Å²) in [6.07, 6.45) is 0. The van der Waals surface area contributed by atoms with Crippen molar-refractivity contribution in [2.45, 2.75) is 33.7 Å². The van der Waals surface area contributed by atoms with E-state index in [4.69, 9.17) is 4.74 Å². The minimum atomic E-state index is -0.637. The van der Waals surface area contributed by atoms with Crippen molar-refractivity contribution in [2.75, 3.05) is 6.61 Å². The molecular weight excluding hydrogens is 240 g/mol. The van der Waals surface area contributed by atoms with Crippen LogP contribution in [0.5, 0.6) is 5.75 Å². The molecule has 0 radical (unpaired) electrons. The first-order valence-corrected chi connectivity index (χ1v) is 6.32. The van der Waals surface area contributed by atoms with Crippen molar-refractivity contribution in [3.63, 3.8) is 0 Å². The molecule has 102 valence electrons. The summed E-state index contributed by atoms with van der Waals surface area (Å²) in [6, 6.07) is 8.65. The number of nitrogens with zero attached hydrogens (tertiary/aromatic N) is 1. The minimum absolute atomic E-state index is 0.145. The summed E-state index contributed by atoms with van der Waals surface area (Å²) >= 11 is 0. The smallest absolute Gasteiger partial charge is 0.226 e. The molecule has 0 saturated heterocycles. The molecule has 0 bridgehead atoms. The highest BCUT2D eigenvalue weighted by atomic mass is 16.5. The van der Waals surface area contributed by atoms with Crippen molar-refractivity contribution in [3.05, 3.63) is 29.8 Å². The van der Waals surface area contributed by atoms with Crippen LogP contribution in [0.15, 0.2) is 24.3 Å². The first-order valence-electron chi connectivity index (χ1n) is 6.32. The van der Waals surface area contributed by atoms with Gasteiger partial charge in [-0.15, -0.1) is 0 Å². The number of hydrogen-bond acceptors (Lipinski definition) is 3. The van der Waals surface area contributed by atoms with Crippen molar-refractivity contribution < 1.29 is 9.53 Å². The van der Waals surface area contributed by atoms with Gasteiger partial charge in [-0.1, -0.05) is 32.9 Å². The predicted molar refractivity (Wildman–Crippen MR) is 73.6 cm³/mol. The minimum Gasteiger partial charge on any atom is -0.494 e. The van der Waals surface area contributed by atoms with E-state index < -0.39 is 11.5 Å². The average molecular weight is 260 g/mol. The lowest BCUT2D eigenvalue weighted by Crippen LogP contribution is -2.36. The van der Waals surface area contributed by atoms with Crippen molar-refractivity contribution >= 4 is 5.91 Å². The quantitative estimate of drug-likeness (QED) is 0.905. The summed E-state index contributed by atoms with van der Waals surface area (Å²) in [5.74, 6) is 0.609. The lowest BCUT2D eigenvalue weighted by atomic mass is 9.94. The monoisotopic (exact) mass is 260 g/mol. The van der Waals surface area contributed by atoms with Gasteiger partial charge in [0.2, 0.25) is 5.91 Å². The van der Waals surface area contributed by atoms with E-state index in [1.54, 1.807) is 24.3 Å². The van der Waals surface area contributed by atoms with Gasteiger partial charge < -0.3 is 10.1 Å². The second kappa shape index (κ2) is 6.24. The Morgan fingerprint density at radius 3 is 2.37 bits per heavy atom. The molecule has 0 aliphatic rings. The van der Waals surface area contributed by atoms with E-state index in [-0.39, 0.29) is 5.91 Å². The van der Waals surface area contributed by atoms with Gasteiger partial charge in [0.25, 0.3) is 0 Å². The normalized spacial score (nSPS) is 12.4. The van der Waals surface area contributed by atoms with E-state index in [0.717, 1.165) is 11.3 Å². The molecule has 0 aliphatic heterocycles. The highest BCUT2D eigenvalue weighted by molar-refractivity contribution is 5.82. The van der Waals surface area contributed by atoms with E-state index in [1.807, 2.05) is 27.7 Å². The lowest BCUT2D eigenvalue weighted by Gasteiger charge is -2.20. The van der Waals surface area contributed by atoms with Crippen molar-refractivity contribution in [1.29, 1.82) is 5.26 Å². The molecule has 0 aromatic heterocycles. The van der Waals surface area contributed by atoms with Crippen LogP contribution in [0.4, 0.5) is 0 Å².